The first kappa shape index (κ1) is 15.4. The number of halogens is 1. The topological polar surface area (TPSA) is 61.0 Å². The van der Waals surface area contributed by atoms with Gasteiger partial charge in [-0.05, 0) is 44.2 Å². The smallest absolute Gasteiger partial charge is 0.126 e. The lowest BCUT2D eigenvalue weighted by molar-refractivity contribution is 0.340. The average Bonchev–Trinajstić information content (AvgIpc) is 2.39. The van der Waals surface area contributed by atoms with E-state index < -0.39 is 0 Å². The van der Waals surface area contributed by atoms with Crippen LogP contribution in [0.3, 0.4) is 0 Å². The molecule has 0 bridgehead atoms. The van der Waals surface area contributed by atoms with E-state index in [1.807, 2.05) is 44.2 Å². The maximum atomic E-state index is 5.62. The van der Waals surface area contributed by atoms with Gasteiger partial charge in [0.25, 0.3) is 0 Å². The van der Waals surface area contributed by atoms with Gasteiger partial charge in [0.2, 0.25) is 0 Å². The number of ether oxygens (including phenoxy) is 1. The molecule has 1 aromatic heterocycles. The molecule has 1 heterocycles. The van der Waals surface area contributed by atoms with Crippen molar-refractivity contribution >= 4 is 12.4 Å². The fourth-order valence-electron chi connectivity index (χ4n) is 1.77. The van der Waals surface area contributed by atoms with E-state index in [0.29, 0.717) is 13.2 Å². The molecular formula is C14H18ClN3O. The van der Waals surface area contributed by atoms with Crippen LogP contribution >= 0.6 is 12.4 Å². The summed E-state index contributed by atoms with van der Waals surface area (Å²) in [4.78, 5) is 8.68. The van der Waals surface area contributed by atoms with Crippen LogP contribution in [0.25, 0.3) is 11.3 Å². The number of benzene rings is 1. The Kier molecular flexibility index (Phi) is 5.73. The minimum Gasteiger partial charge on any atom is -0.494 e. The summed E-state index contributed by atoms with van der Waals surface area (Å²) >= 11 is 0. The van der Waals surface area contributed by atoms with Crippen molar-refractivity contribution in [3.8, 4) is 17.0 Å². The van der Waals surface area contributed by atoms with Crippen molar-refractivity contribution in [3.63, 3.8) is 0 Å². The summed E-state index contributed by atoms with van der Waals surface area (Å²) < 4.78 is 5.41. The average molecular weight is 280 g/mol. The lowest BCUT2D eigenvalue weighted by Gasteiger charge is -2.06. The highest BCUT2D eigenvalue weighted by Crippen LogP contribution is 2.21. The summed E-state index contributed by atoms with van der Waals surface area (Å²) in [6, 6.07) is 9.79. The van der Waals surface area contributed by atoms with Crippen molar-refractivity contribution in [2.45, 2.75) is 20.4 Å². The number of aromatic nitrogens is 2. The lowest BCUT2D eigenvalue weighted by atomic mass is 10.1. The molecule has 1 aromatic carbocycles. The van der Waals surface area contributed by atoms with Gasteiger partial charge in [0.1, 0.15) is 11.6 Å². The predicted molar refractivity (Wildman–Crippen MR) is 78.5 cm³/mol. The second-order valence-electron chi connectivity index (χ2n) is 3.95. The fourth-order valence-corrected chi connectivity index (χ4v) is 1.77. The molecule has 0 atom stereocenters. The van der Waals surface area contributed by atoms with Crippen LogP contribution in [0.4, 0.5) is 0 Å². The van der Waals surface area contributed by atoms with Gasteiger partial charge in [0.15, 0.2) is 0 Å². The third-order valence-electron chi connectivity index (χ3n) is 2.56. The van der Waals surface area contributed by atoms with Gasteiger partial charge in [-0.1, -0.05) is 0 Å². The van der Waals surface area contributed by atoms with Crippen LogP contribution in [0.2, 0.25) is 0 Å². The van der Waals surface area contributed by atoms with Gasteiger partial charge in [-0.2, -0.15) is 0 Å². The number of rotatable bonds is 4. The Labute approximate surface area is 119 Å². The molecular weight excluding hydrogens is 262 g/mol. The Hall–Kier alpha value is -1.65. The van der Waals surface area contributed by atoms with Gasteiger partial charge in [-0.25, -0.2) is 9.97 Å². The van der Waals surface area contributed by atoms with Crippen LogP contribution < -0.4 is 10.5 Å². The van der Waals surface area contributed by atoms with E-state index in [4.69, 9.17) is 10.5 Å². The highest BCUT2D eigenvalue weighted by atomic mass is 35.5. The molecule has 19 heavy (non-hydrogen) atoms. The Morgan fingerprint density at radius 2 is 1.84 bits per heavy atom. The maximum Gasteiger partial charge on any atom is 0.126 e. The number of hydrogen-bond donors (Lipinski definition) is 1. The molecule has 4 nitrogen and oxygen atoms in total. The minimum atomic E-state index is 0. The SMILES string of the molecule is CCOc1ccc(-c2cc(CN)nc(C)n2)cc1.Cl. The van der Waals surface area contributed by atoms with Crippen molar-refractivity contribution in [1.29, 1.82) is 0 Å². The number of nitrogens with zero attached hydrogens (tertiary/aromatic N) is 2. The van der Waals surface area contributed by atoms with Gasteiger partial charge < -0.3 is 10.5 Å². The first-order valence-corrected chi connectivity index (χ1v) is 6.00. The van der Waals surface area contributed by atoms with Crippen molar-refractivity contribution in [3.05, 3.63) is 41.9 Å². The van der Waals surface area contributed by atoms with Gasteiger partial charge >= 0.3 is 0 Å². The van der Waals surface area contributed by atoms with E-state index >= 15 is 0 Å². The van der Waals surface area contributed by atoms with E-state index in [2.05, 4.69) is 9.97 Å². The fraction of sp³-hybridized carbons (Fsp3) is 0.286. The summed E-state index contributed by atoms with van der Waals surface area (Å²) in [7, 11) is 0. The van der Waals surface area contributed by atoms with Crippen molar-refractivity contribution < 1.29 is 4.74 Å². The quantitative estimate of drug-likeness (QED) is 0.935. The van der Waals surface area contributed by atoms with Crippen LogP contribution in [-0.4, -0.2) is 16.6 Å². The molecule has 0 fully saturated rings. The summed E-state index contributed by atoms with van der Waals surface area (Å²) in [5, 5.41) is 0. The molecule has 2 aromatic rings. The molecule has 0 amide bonds. The zero-order chi connectivity index (χ0) is 13.0. The third-order valence-corrected chi connectivity index (χ3v) is 2.56. The first-order chi connectivity index (χ1) is 8.72. The number of aryl methyl sites for hydroxylation is 1. The standard InChI is InChI=1S/C14H17N3O.ClH/c1-3-18-13-6-4-11(5-7-13)14-8-12(9-15)16-10(2)17-14;/h4-8H,3,9,15H2,1-2H3;1H. The zero-order valence-electron chi connectivity index (χ0n) is 11.1. The van der Waals surface area contributed by atoms with Gasteiger partial charge in [-0.15, -0.1) is 12.4 Å². The van der Waals surface area contributed by atoms with Crippen LogP contribution in [-0.2, 0) is 6.54 Å². The van der Waals surface area contributed by atoms with E-state index in [1.165, 1.54) is 0 Å². The zero-order valence-corrected chi connectivity index (χ0v) is 11.9. The van der Waals surface area contributed by atoms with Crippen molar-refractivity contribution in [2.75, 3.05) is 6.61 Å². The molecule has 0 saturated heterocycles. The van der Waals surface area contributed by atoms with Crippen molar-refractivity contribution in [1.82, 2.24) is 9.97 Å². The van der Waals surface area contributed by atoms with E-state index in [9.17, 15) is 0 Å². The third kappa shape index (κ3) is 3.91. The largest absolute Gasteiger partial charge is 0.494 e. The molecule has 0 unspecified atom stereocenters. The Balaban J connectivity index is 0.00000180. The summed E-state index contributed by atoms with van der Waals surface area (Å²) in [6.45, 7) is 4.93. The van der Waals surface area contributed by atoms with Gasteiger partial charge in [0, 0.05) is 12.1 Å². The van der Waals surface area contributed by atoms with E-state index in [0.717, 1.165) is 28.5 Å². The molecule has 0 saturated carbocycles. The maximum absolute atomic E-state index is 5.62. The van der Waals surface area contributed by atoms with E-state index in [-0.39, 0.29) is 12.4 Å². The lowest BCUT2D eigenvalue weighted by Crippen LogP contribution is -2.03. The van der Waals surface area contributed by atoms with Crippen LogP contribution in [0.15, 0.2) is 30.3 Å². The molecule has 0 aliphatic heterocycles. The Morgan fingerprint density at radius 1 is 1.16 bits per heavy atom. The monoisotopic (exact) mass is 279 g/mol. The summed E-state index contributed by atoms with van der Waals surface area (Å²) in [6.07, 6.45) is 0. The Bertz CT molecular complexity index is 529. The van der Waals surface area contributed by atoms with Crippen LogP contribution in [0.1, 0.15) is 18.4 Å². The van der Waals surface area contributed by atoms with Crippen LogP contribution in [0, 0.1) is 6.92 Å². The molecule has 102 valence electrons. The van der Waals surface area contributed by atoms with Crippen molar-refractivity contribution in [2.24, 2.45) is 5.73 Å². The highest BCUT2D eigenvalue weighted by Gasteiger charge is 2.04. The predicted octanol–water partition coefficient (Wildman–Crippen LogP) is 2.73. The second kappa shape index (κ2) is 7.07. The molecule has 0 radical (unpaired) electrons. The molecule has 2 N–H and O–H groups in total. The summed E-state index contributed by atoms with van der Waals surface area (Å²) in [5.41, 5.74) is 8.41. The summed E-state index contributed by atoms with van der Waals surface area (Å²) in [5.74, 6) is 1.60. The van der Waals surface area contributed by atoms with Crippen LogP contribution in [0.5, 0.6) is 5.75 Å². The Morgan fingerprint density at radius 3 is 2.42 bits per heavy atom. The molecule has 2 rings (SSSR count). The molecule has 0 spiro atoms. The minimum absolute atomic E-state index is 0. The van der Waals surface area contributed by atoms with Gasteiger partial charge in [0.05, 0.1) is 18.0 Å². The normalized spacial score (nSPS) is 9.84. The molecule has 5 heteroatoms. The first-order valence-electron chi connectivity index (χ1n) is 6.00. The number of hydrogen-bond acceptors (Lipinski definition) is 4. The van der Waals surface area contributed by atoms with Gasteiger partial charge in [-0.3, -0.25) is 0 Å². The number of nitrogens with two attached hydrogens (primary N) is 1. The molecule has 0 aliphatic rings. The second-order valence-corrected chi connectivity index (χ2v) is 3.95. The highest BCUT2D eigenvalue weighted by molar-refractivity contribution is 5.85. The van der Waals surface area contributed by atoms with E-state index in [1.54, 1.807) is 0 Å². The molecule has 0 aliphatic carbocycles.